The number of methoxy groups -OCH3 is 2. The van der Waals surface area contributed by atoms with Gasteiger partial charge in [-0.1, -0.05) is 42.4 Å². The van der Waals surface area contributed by atoms with Crippen molar-refractivity contribution in [3.63, 3.8) is 0 Å². The topological polar surface area (TPSA) is 250 Å². The first-order chi connectivity index (χ1) is 36.8. The normalized spacial score (nSPS) is 13.6. The molecule has 7 aromatic rings. The van der Waals surface area contributed by atoms with Crippen LogP contribution in [0.1, 0.15) is 114 Å². The van der Waals surface area contributed by atoms with Crippen LogP contribution in [0.15, 0.2) is 76.0 Å². The predicted octanol–water partition coefficient (Wildman–Crippen LogP) is 8.56. The standard InChI is InChI=1S/C36H42N6O4.C20H18N4O6/c1-6-22-9-8-10-23(7-2)28(22)20-30(43)33-27-13-11-25-21-37-36(39-32(25)34(27)46-40-33)38-29-14-12-24(19-31(29)45-5)35(44)42-17-15-26(16-18-42)41(3)4;1-3-29-19(27)16-12-6-4-11-9-21-20(23-15(11)17(12)30-24-16)22-13-7-5-10(18(25)26)8-14(13)28-2/h8-10,12,14,19,21,26H,6-7,11,13,15-18,20H2,1-5H3,(H,37,38,39);5,7-9H,3-4,6H2,1-2H3,(H,25,26)(H,21,22,23). The Hall–Kier alpha value is -8.52. The Morgan fingerprint density at radius 3 is 1.76 bits per heavy atom. The second-order valence-corrected chi connectivity index (χ2v) is 18.8. The average molecular weight is 1030 g/mol. The van der Waals surface area contributed by atoms with E-state index >= 15 is 0 Å². The van der Waals surface area contributed by atoms with Crippen LogP contribution in [0.4, 0.5) is 23.3 Å². The van der Waals surface area contributed by atoms with Crippen LogP contribution in [0.3, 0.4) is 0 Å². The van der Waals surface area contributed by atoms with Gasteiger partial charge >= 0.3 is 11.9 Å². The van der Waals surface area contributed by atoms with Gasteiger partial charge in [0.05, 0.1) is 37.8 Å². The lowest BCUT2D eigenvalue weighted by molar-refractivity contribution is 0.0512. The molecule has 3 aliphatic rings. The molecule has 394 valence electrons. The van der Waals surface area contributed by atoms with Crippen molar-refractivity contribution < 1.29 is 47.5 Å². The molecule has 1 saturated heterocycles. The Balaban J connectivity index is 0.000000203. The Morgan fingerprint density at radius 2 is 1.25 bits per heavy atom. The van der Waals surface area contributed by atoms with E-state index in [1.165, 1.54) is 30.4 Å². The summed E-state index contributed by atoms with van der Waals surface area (Å²) in [7, 11) is 7.19. The van der Waals surface area contributed by atoms with E-state index in [1.807, 2.05) is 11.0 Å². The number of Topliss-reactive ketones (excluding diaryl/α,β-unsaturated/α-hetero) is 1. The van der Waals surface area contributed by atoms with Crippen LogP contribution in [-0.2, 0) is 49.7 Å². The summed E-state index contributed by atoms with van der Waals surface area (Å²) in [6, 6.07) is 16.6. The van der Waals surface area contributed by atoms with Gasteiger partial charge in [0.2, 0.25) is 11.9 Å². The third-order valence-corrected chi connectivity index (χ3v) is 14.1. The summed E-state index contributed by atoms with van der Waals surface area (Å²) < 4.78 is 27.2. The third kappa shape index (κ3) is 10.8. The quantitative estimate of drug-likeness (QED) is 0.0605. The van der Waals surface area contributed by atoms with Gasteiger partial charge in [-0.2, -0.15) is 0 Å². The number of hydrogen-bond acceptors (Lipinski definition) is 18. The average Bonchev–Trinajstić information content (AvgIpc) is 4.12. The zero-order valence-corrected chi connectivity index (χ0v) is 43.6. The number of carbonyl (C=O) groups is 4. The Labute approximate surface area is 439 Å². The summed E-state index contributed by atoms with van der Waals surface area (Å²) >= 11 is 0. The van der Waals surface area contributed by atoms with Gasteiger partial charge in [-0.15, -0.1) is 0 Å². The summed E-state index contributed by atoms with van der Waals surface area (Å²) in [5.41, 5.74) is 10.3. The lowest BCUT2D eigenvalue weighted by Gasteiger charge is -2.35. The van der Waals surface area contributed by atoms with Crippen LogP contribution in [-0.4, -0.2) is 123 Å². The predicted molar refractivity (Wildman–Crippen MR) is 281 cm³/mol. The second-order valence-electron chi connectivity index (χ2n) is 18.8. The fraction of sp³-hybridized carbons (Fsp3) is 0.357. The van der Waals surface area contributed by atoms with Crippen molar-refractivity contribution in [3.05, 3.63) is 128 Å². The number of aryl methyl sites for hydroxylation is 4. The number of piperidine rings is 1. The maximum Gasteiger partial charge on any atom is 0.360 e. The maximum atomic E-state index is 13.6. The summed E-state index contributed by atoms with van der Waals surface area (Å²) in [4.78, 5) is 72.4. The smallest absolute Gasteiger partial charge is 0.360 e. The van der Waals surface area contributed by atoms with Crippen molar-refractivity contribution in [2.75, 3.05) is 58.6 Å². The number of anilines is 4. The lowest BCUT2D eigenvalue weighted by Crippen LogP contribution is -2.44. The molecule has 2 aliphatic carbocycles. The number of carboxylic acids is 1. The first kappa shape index (κ1) is 52.3. The molecule has 0 spiro atoms. The highest BCUT2D eigenvalue weighted by Gasteiger charge is 2.32. The molecule has 20 heteroatoms. The minimum absolute atomic E-state index is 0.000567. The minimum Gasteiger partial charge on any atom is -0.495 e. The summed E-state index contributed by atoms with van der Waals surface area (Å²) in [6.45, 7) is 7.66. The highest BCUT2D eigenvalue weighted by Crippen LogP contribution is 2.38. The van der Waals surface area contributed by atoms with Crippen molar-refractivity contribution in [3.8, 4) is 34.4 Å². The minimum atomic E-state index is -1.06. The number of ketones is 1. The van der Waals surface area contributed by atoms with E-state index in [4.69, 9.17) is 33.3 Å². The fourth-order valence-corrected chi connectivity index (χ4v) is 9.93. The molecule has 0 atom stereocenters. The van der Waals surface area contributed by atoms with Crippen LogP contribution in [0, 0.1) is 0 Å². The first-order valence-electron chi connectivity index (χ1n) is 25.4. The number of carbonyl (C=O) groups excluding carboxylic acids is 3. The van der Waals surface area contributed by atoms with E-state index in [9.17, 15) is 19.2 Å². The van der Waals surface area contributed by atoms with E-state index in [1.54, 1.807) is 44.6 Å². The number of nitrogens with zero attached hydrogens (tertiary/aromatic N) is 8. The van der Waals surface area contributed by atoms with Crippen LogP contribution < -0.4 is 20.1 Å². The Kier molecular flexibility index (Phi) is 15.8. The zero-order chi connectivity index (χ0) is 53.6. The van der Waals surface area contributed by atoms with Crippen LogP contribution in [0.25, 0.3) is 22.9 Å². The number of aromatic carboxylic acids is 1. The van der Waals surface area contributed by atoms with E-state index in [-0.39, 0.29) is 35.5 Å². The van der Waals surface area contributed by atoms with E-state index in [0.717, 1.165) is 61.0 Å². The molecular formula is C56H60N10O10. The zero-order valence-electron chi connectivity index (χ0n) is 43.6. The van der Waals surface area contributed by atoms with Crippen molar-refractivity contribution in [2.24, 2.45) is 0 Å². The molecule has 3 aromatic carbocycles. The highest BCUT2D eigenvalue weighted by atomic mass is 16.5. The molecular weight excluding hydrogens is 973 g/mol. The Bertz CT molecular complexity index is 3300. The number of amides is 1. The molecule has 0 unspecified atom stereocenters. The number of benzene rings is 3. The van der Waals surface area contributed by atoms with Gasteiger partial charge in [-0.25, -0.2) is 29.5 Å². The number of likely N-dealkylation sites (tertiary alicyclic amines) is 1. The van der Waals surface area contributed by atoms with Crippen molar-refractivity contribution in [1.82, 2.24) is 40.0 Å². The fourth-order valence-electron chi connectivity index (χ4n) is 9.93. The van der Waals surface area contributed by atoms with Gasteiger partial charge in [0.25, 0.3) is 5.91 Å². The van der Waals surface area contributed by atoms with Gasteiger partial charge in [-0.05, 0) is 125 Å². The van der Waals surface area contributed by atoms with Gasteiger partial charge in [0.1, 0.15) is 22.9 Å². The molecule has 0 bridgehead atoms. The van der Waals surface area contributed by atoms with Gasteiger partial charge in [-0.3, -0.25) is 9.59 Å². The van der Waals surface area contributed by atoms with Gasteiger partial charge < -0.3 is 48.8 Å². The van der Waals surface area contributed by atoms with Crippen LogP contribution in [0.2, 0.25) is 0 Å². The second kappa shape index (κ2) is 22.9. The maximum absolute atomic E-state index is 13.6. The van der Waals surface area contributed by atoms with E-state index < -0.39 is 11.9 Å². The van der Waals surface area contributed by atoms with Crippen molar-refractivity contribution >= 4 is 46.9 Å². The molecule has 1 amide bonds. The SMILES string of the molecule is CCOC(=O)c1noc2c1CCc1cnc(Nc3ccc(C(=O)O)cc3OC)nc1-2.CCc1cccc(CC)c1CC(=O)c1noc2c1CCc1cnc(Nc3ccc(C(=O)N4CCC(N(C)C)CC4)cc3OC)nc1-2. The monoisotopic (exact) mass is 1030 g/mol. The molecule has 5 heterocycles. The van der Waals surface area contributed by atoms with Crippen LogP contribution >= 0.6 is 0 Å². The molecule has 0 saturated carbocycles. The third-order valence-electron chi connectivity index (χ3n) is 14.1. The Morgan fingerprint density at radius 1 is 0.724 bits per heavy atom. The number of rotatable bonds is 16. The molecule has 20 nitrogen and oxygen atoms in total. The summed E-state index contributed by atoms with van der Waals surface area (Å²) in [5.74, 6) is 0.765. The molecule has 76 heavy (non-hydrogen) atoms. The number of nitrogens with one attached hydrogen (secondary N) is 2. The van der Waals surface area contributed by atoms with E-state index in [0.29, 0.717) is 107 Å². The molecule has 10 rings (SSSR count). The van der Waals surface area contributed by atoms with E-state index in [2.05, 4.69) is 86.9 Å². The molecule has 4 aromatic heterocycles. The number of hydrogen-bond donors (Lipinski definition) is 3. The number of aromatic nitrogens is 6. The van der Waals surface area contributed by atoms with Crippen LogP contribution in [0.5, 0.6) is 11.5 Å². The van der Waals surface area contributed by atoms with Gasteiger partial charge in [0, 0.05) is 65.8 Å². The number of esters is 1. The molecule has 1 aliphatic heterocycles. The highest BCUT2D eigenvalue weighted by molar-refractivity contribution is 5.99. The number of fused-ring (bicyclic) bond motifs is 6. The van der Waals surface area contributed by atoms with Crippen molar-refractivity contribution in [2.45, 2.75) is 84.6 Å². The summed E-state index contributed by atoms with van der Waals surface area (Å²) in [5, 5.41) is 23.5. The number of ether oxygens (including phenoxy) is 3. The first-order valence-corrected chi connectivity index (χ1v) is 25.4. The largest absolute Gasteiger partial charge is 0.495 e. The molecule has 3 N–H and O–H groups in total. The molecule has 1 fully saturated rings. The molecule has 0 radical (unpaired) electrons. The number of carboxylic acid groups (broad SMARTS) is 1. The van der Waals surface area contributed by atoms with Crippen molar-refractivity contribution in [1.29, 1.82) is 0 Å². The van der Waals surface area contributed by atoms with Gasteiger partial charge in [0.15, 0.2) is 28.7 Å². The summed E-state index contributed by atoms with van der Waals surface area (Å²) in [6.07, 6.45) is 9.93. The lowest BCUT2D eigenvalue weighted by atomic mass is 9.89.